The molecule has 0 amide bonds. The molecule has 0 saturated carbocycles. The van der Waals surface area contributed by atoms with Gasteiger partial charge in [-0.3, -0.25) is 4.79 Å². The molecule has 14 heteroatoms. The van der Waals surface area contributed by atoms with Gasteiger partial charge in [0.2, 0.25) is 0 Å². The number of anilines is 2. The molecule has 0 spiro atoms. The number of rotatable bonds is 3. The van der Waals surface area contributed by atoms with Gasteiger partial charge in [-0.1, -0.05) is 21.6 Å². The Kier molecular flexibility index (Phi) is 8.92. The number of nitrogens with zero attached hydrogens (tertiary/aromatic N) is 2. The number of benzene rings is 1. The smallest absolute Gasteiger partial charge is 0.341 e. The quantitative estimate of drug-likeness (QED) is 0.128. The SMILES string of the molecule is Cc1cc(=O)c2c(O)c3c(cc2o1)O[C@@]1(C)CCSSCc2c(ccnc2N)-c2cc(cc(N)n2)CC[C@H]2O[C@@]2(CCCO)C(=O)O[C@@H]1C3. The lowest BCUT2D eigenvalue weighted by atomic mass is 9.86. The van der Waals surface area contributed by atoms with Crippen LogP contribution in [0, 0.1) is 6.92 Å². The maximum absolute atomic E-state index is 14.1. The fourth-order valence-corrected chi connectivity index (χ4v) is 9.22. The summed E-state index contributed by atoms with van der Waals surface area (Å²) in [5, 5.41) is 21.1. The van der Waals surface area contributed by atoms with E-state index in [-0.39, 0.29) is 41.6 Å². The molecule has 12 nitrogen and oxygen atoms in total. The molecule has 1 saturated heterocycles. The first-order valence-electron chi connectivity index (χ1n) is 16.2. The molecule has 3 aliphatic heterocycles. The second kappa shape index (κ2) is 13.0. The molecule has 3 aliphatic rings. The molecule has 1 fully saturated rings. The van der Waals surface area contributed by atoms with Gasteiger partial charge in [-0.05, 0) is 63.3 Å². The van der Waals surface area contributed by atoms with Crippen molar-refractivity contribution in [1.29, 1.82) is 0 Å². The summed E-state index contributed by atoms with van der Waals surface area (Å²) in [6.07, 6.45) is 2.66. The molecule has 6 N–H and O–H groups in total. The number of hydrogen-bond donors (Lipinski definition) is 4. The number of aliphatic hydroxyl groups excluding tert-OH is 1. The van der Waals surface area contributed by atoms with Gasteiger partial charge in [0.25, 0.3) is 0 Å². The Balaban J connectivity index is 1.26. The van der Waals surface area contributed by atoms with Crippen molar-refractivity contribution < 1.29 is 33.6 Å². The van der Waals surface area contributed by atoms with Crippen LogP contribution in [0.4, 0.5) is 11.6 Å². The van der Waals surface area contributed by atoms with Crippen molar-refractivity contribution in [2.75, 3.05) is 23.8 Å². The number of aromatic hydroxyl groups is 1. The lowest BCUT2D eigenvalue weighted by Crippen LogP contribution is -2.53. The van der Waals surface area contributed by atoms with Crippen molar-refractivity contribution in [2.24, 2.45) is 0 Å². The molecule has 3 aromatic heterocycles. The lowest BCUT2D eigenvalue weighted by molar-refractivity contribution is -0.169. The van der Waals surface area contributed by atoms with Gasteiger partial charge < -0.3 is 40.3 Å². The molecule has 7 rings (SSSR count). The molecule has 49 heavy (non-hydrogen) atoms. The summed E-state index contributed by atoms with van der Waals surface area (Å²) in [5.74, 6) is 1.95. The second-order valence-electron chi connectivity index (χ2n) is 13.0. The van der Waals surface area contributed by atoms with Crippen molar-refractivity contribution in [1.82, 2.24) is 9.97 Å². The number of aryl methyl sites for hydroxylation is 2. The first-order valence-corrected chi connectivity index (χ1v) is 18.7. The molecule has 4 atom stereocenters. The van der Waals surface area contributed by atoms with E-state index in [1.54, 1.807) is 40.8 Å². The van der Waals surface area contributed by atoms with Crippen molar-refractivity contribution in [3.05, 3.63) is 69.2 Å². The van der Waals surface area contributed by atoms with Crippen LogP contribution in [0.2, 0.25) is 0 Å². The van der Waals surface area contributed by atoms with Gasteiger partial charge in [0.1, 0.15) is 51.6 Å². The Morgan fingerprint density at radius 1 is 1.10 bits per heavy atom. The van der Waals surface area contributed by atoms with Gasteiger partial charge in [-0.25, -0.2) is 14.8 Å². The molecular formula is C35H38N4O8S2. The third-order valence-electron chi connectivity index (χ3n) is 9.64. The maximum Gasteiger partial charge on any atom is 0.341 e. The van der Waals surface area contributed by atoms with E-state index >= 15 is 0 Å². The summed E-state index contributed by atoms with van der Waals surface area (Å²) in [7, 11) is 3.23. The van der Waals surface area contributed by atoms with Crippen LogP contribution in [-0.2, 0) is 32.9 Å². The predicted molar refractivity (Wildman–Crippen MR) is 188 cm³/mol. The van der Waals surface area contributed by atoms with Crippen molar-refractivity contribution in [3.63, 3.8) is 0 Å². The van der Waals surface area contributed by atoms with Crippen molar-refractivity contribution in [3.8, 4) is 22.8 Å². The zero-order valence-electron chi connectivity index (χ0n) is 27.2. The number of hydrogen-bond acceptors (Lipinski definition) is 14. The Labute approximate surface area is 290 Å². The average Bonchev–Trinajstić information content (AvgIpc) is 3.77. The van der Waals surface area contributed by atoms with Crippen LogP contribution in [0.1, 0.15) is 55.1 Å². The molecule has 258 valence electrons. The predicted octanol–water partition coefficient (Wildman–Crippen LogP) is 4.86. The maximum atomic E-state index is 14.1. The number of epoxide rings is 1. The fourth-order valence-electron chi connectivity index (χ4n) is 6.90. The summed E-state index contributed by atoms with van der Waals surface area (Å²) in [6.45, 7) is 3.44. The van der Waals surface area contributed by atoms with Crippen LogP contribution < -0.4 is 21.6 Å². The summed E-state index contributed by atoms with van der Waals surface area (Å²) in [6, 6.07) is 8.63. The number of aliphatic hydroxyl groups is 1. The number of fused-ring (bicyclic) bond motifs is 8. The Bertz CT molecular complexity index is 2010. The molecule has 1 aromatic carbocycles. The topological polar surface area (TPSA) is 197 Å². The van der Waals surface area contributed by atoms with Crippen LogP contribution >= 0.6 is 21.6 Å². The minimum Gasteiger partial charge on any atom is -0.507 e. The highest BCUT2D eigenvalue weighted by Crippen LogP contribution is 2.48. The van der Waals surface area contributed by atoms with Gasteiger partial charge >= 0.3 is 5.97 Å². The van der Waals surface area contributed by atoms with E-state index in [1.165, 1.54) is 6.07 Å². The Hall–Kier alpha value is -3.98. The van der Waals surface area contributed by atoms with Gasteiger partial charge in [-0.15, -0.1) is 0 Å². The number of ether oxygens (including phenoxy) is 3. The number of carbonyl (C=O) groups excluding carboxylic acids is 1. The number of pyridine rings is 2. The summed E-state index contributed by atoms with van der Waals surface area (Å²) >= 11 is 0. The van der Waals surface area contributed by atoms with Crippen LogP contribution in [0.25, 0.3) is 22.2 Å². The van der Waals surface area contributed by atoms with E-state index in [1.807, 2.05) is 25.1 Å². The van der Waals surface area contributed by atoms with E-state index in [0.717, 1.165) is 16.7 Å². The highest BCUT2D eigenvalue weighted by Gasteiger charge is 2.63. The molecule has 0 aliphatic carbocycles. The van der Waals surface area contributed by atoms with Gasteiger partial charge in [0.15, 0.2) is 11.0 Å². The highest BCUT2D eigenvalue weighted by molar-refractivity contribution is 8.76. The third-order valence-corrected chi connectivity index (χ3v) is 11.9. The second-order valence-corrected chi connectivity index (χ2v) is 15.6. The third kappa shape index (κ3) is 6.31. The van der Waals surface area contributed by atoms with Crippen LogP contribution in [0.5, 0.6) is 11.5 Å². The van der Waals surface area contributed by atoms with Crippen molar-refractivity contribution in [2.45, 2.75) is 81.5 Å². The first kappa shape index (κ1) is 33.5. The van der Waals surface area contributed by atoms with Gasteiger partial charge in [0.05, 0.1) is 11.8 Å². The van der Waals surface area contributed by atoms with Crippen molar-refractivity contribution >= 4 is 50.2 Å². The van der Waals surface area contributed by atoms with Crippen LogP contribution in [0.3, 0.4) is 0 Å². The van der Waals surface area contributed by atoms with E-state index in [0.29, 0.717) is 71.6 Å². The van der Waals surface area contributed by atoms with Crippen LogP contribution in [0.15, 0.2) is 45.7 Å². The Morgan fingerprint density at radius 3 is 2.76 bits per heavy atom. The zero-order chi connectivity index (χ0) is 34.5. The summed E-state index contributed by atoms with van der Waals surface area (Å²) < 4.78 is 24.8. The molecular weight excluding hydrogens is 669 g/mol. The number of phenolic OH excluding ortho intramolecular Hbond substituents is 1. The van der Waals surface area contributed by atoms with E-state index < -0.39 is 29.4 Å². The fraction of sp³-hybridized carbons (Fsp3) is 0.429. The number of carbonyl (C=O) groups is 1. The number of aromatic nitrogens is 2. The van der Waals surface area contributed by atoms with E-state index in [9.17, 15) is 19.8 Å². The monoisotopic (exact) mass is 706 g/mol. The minimum atomic E-state index is -1.24. The first-order chi connectivity index (χ1) is 23.5. The standard InChI is InChI=1S/C35H38N4O8S2/c1-18-12-24(41)30-26(44-18)16-25-21(31(30)42)15-28-34(2,46-25)8-11-48-49-17-22-20(6-9-38-32(22)37)23-13-19(14-29(36)39-23)4-5-27-35(47-27,7-3-10-40)33(43)45-28/h6,9,12-14,16,27-28,40,42H,3-5,7-8,10-11,15,17H2,1-2H3,(H2,36,39)(H2,37,38)/t27-,28-,34+,35-/m1/s1. The molecule has 0 unspecified atom stereocenters. The highest BCUT2D eigenvalue weighted by atomic mass is 33.1. The average molecular weight is 707 g/mol. The normalized spacial score (nSPS) is 25.4. The van der Waals surface area contributed by atoms with E-state index in [2.05, 4.69) is 9.97 Å². The number of esters is 1. The van der Waals surface area contributed by atoms with Gasteiger partial charge in [-0.2, -0.15) is 0 Å². The van der Waals surface area contributed by atoms with Crippen LogP contribution in [-0.4, -0.2) is 61.9 Å². The molecule has 6 heterocycles. The minimum absolute atomic E-state index is 0.0500. The largest absolute Gasteiger partial charge is 0.507 e. The lowest BCUT2D eigenvalue weighted by Gasteiger charge is -2.42. The molecule has 0 radical (unpaired) electrons. The zero-order valence-corrected chi connectivity index (χ0v) is 28.8. The summed E-state index contributed by atoms with van der Waals surface area (Å²) in [5.41, 5.74) is 13.9. The van der Waals surface area contributed by atoms with E-state index in [4.69, 9.17) is 30.1 Å². The summed E-state index contributed by atoms with van der Waals surface area (Å²) in [4.78, 5) is 35.9. The number of phenols is 1. The molecule has 2 bridgehead atoms. The number of nitrogen functional groups attached to an aromatic ring is 2. The van der Waals surface area contributed by atoms with Gasteiger partial charge in [0, 0.05) is 66.0 Å². The number of nitrogens with two attached hydrogens (primary N) is 2. The molecule has 4 aromatic rings. The Morgan fingerprint density at radius 2 is 1.94 bits per heavy atom.